The summed E-state index contributed by atoms with van der Waals surface area (Å²) in [4.78, 5) is 4.69. The Bertz CT molecular complexity index is 961. The van der Waals surface area contributed by atoms with Crippen LogP contribution in [0, 0.1) is 0 Å². The van der Waals surface area contributed by atoms with E-state index in [2.05, 4.69) is 38.2 Å². The molecule has 1 unspecified atom stereocenters. The molecule has 0 spiro atoms. The van der Waals surface area contributed by atoms with E-state index in [4.69, 9.17) is 9.47 Å². The lowest BCUT2D eigenvalue weighted by molar-refractivity contribution is 0.0406. The molecule has 1 N–H and O–H groups in total. The quantitative estimate of drug-likeness (QED) is 0.567. The number of ether oxygens (including phenoxy) is 2. The van der Waals surface area contributed by atoms with E-state index in [9.17, 15) is 5.11 Å². The second kappa shape index (κ2) is 10.6. The second-order valence-corrected chi connectivity index (χ2v) is 7.89. The monoisotopic (exact) mass is 422 g/mol. The lowest BCUT2D eigenvalue weighted by Gasteiger charge is -2.35. The third-order valence-corrected chi connectivity index (χ3v) is 5.74. The van der Waals surface area contributed by atoms with E-state index in [-0.39, 0.29) is 6.61 Å². The molecule has 2 aromatic carbocycles. The van der Waals surface area contributed by atoms with Gasteiger partial charge in [0.1, 0.15) is 18.5 Å². The number of β-amino-alcohol motifs (C(OH)–C–C–N with tert-alkyl or cyclic N) is 1. The molecule has 1 aliphatic rings. The average Bonchev–Trinajstić information content (AvgIpc) is 2.82. The van der Waals surface area contributed by atoms with Crippen LogP contribution in [0.4, 0.5) is 0 Å². The standard InChI is InChI=1S/C24H30N4O3/c1-30-15-14-27-10-12-28(13-11-27)17-21(29)18-31-23-7-6-19-4-2-3-5-22(19)24(23)20-8-9-25-26-16-20/h2-9,16,21,29H,10-15,17-18H2,1H3. The van der Waals surface area contributed by atoms with Crippen molar-refractivity contribution in [2.75, 3.05) is 59.6 Å². The SMILES string of the molecule is COCCN1CCN(CC(O)COc2ccc3ccccc3c2-c2ccnnc2)CC1. The van der Waals surface area contributed by atoms with Crippen molar-refractivity contribution in [1.82, 2.24) is 20.0 Å². The Balaban J connectivity index is 1.40. The third kappa shape index (κ3) is 5.57. The fraction of sp³-hybridized carbons (Fsp3) is 0.417. The summed E-state index contributed by atoms with van der Waals surface area (Å²) >= 11 is 0. The van der Waals surface area contributed by atoms with Gasteiger partial charge in [0.05, 0.1) is 19.0 Å². The van der Waals surface area contributed by atoms with Crippen LogP contribution >= 0.6 is 0 Å². The molecule has 4 rings (SSSR count). The molecule has 0 aliphatic carbocycles. The fourth-order valence-electron chi connectivity index (χ4n) is 4.06. The Morgan fingerprint density at radius 2 is 1.81 bits per heavy atom. The molecule has 1 fully saturated rings. The minimum Gasteiger partial charge on any atom is -0.490 e. The van der Waals surface area contributed by atoms with Gasteiger partial charge in [0, 0.05) is 57.5 Å². The molecule has 7 heteroatoms. The maximum Gasteiger partial charge on any atom is 0.127 e. The number of benzene rings is 2. The van der Waals surface area contributed by atoms with Gasteiger partial charge < -0.3 is 14.6 Å². The largest absolute Gasteiger partial charge is 0.490 e. The van der Waals surface area contributed by atoms with Crippen LogP contribution in [0.15, 0.2) is 54.9 Å². The van der Waals surface area contributed by atoms with E-state index in [0.29, 0.717) is 6.54 Å². The zero-order valence-electron chi connectivity index (χ0n) is 18.0. The molecule has 1 saturated heterocycles. The van der Waals surface area contributed by atoms with Crippen LogP contribution in [0.25, 0.3) is 21.9 Å². The van der Waals surface area contributed by atoms with Gasteiger partial charge in [-0.2, -0.15) is 10.2 Å². The van der Waals surface area contributed by atoms with E-state index in [1.165, 1.54) is 0 Å². The van der Waals surface area contributed by atoms with Gasteiger partial charge in [-0.05, 0) is 22.9 Å². The lowest BCUT2D eigenvalue weighted by Crippen LogP contribution is -2.49. The summed E-state index contributed by atoms with van der Waals surface area (Å²) in [5.74, 6) is 0.745. The Morgan fingerprint density at radius 1 is 1.00 bits per heavy atom. The first-order valence-electron chi connectivity index (χ1n) is 10.8. The summed E-state index contributed by atoms with van der Waals surface area (Å²) in [6.07, 6.45) is 2.87. The first-order chi connectivity index (χ1) is 15.2. The smallest absolute Gasteiger partial charge is 0.127 e. The van der Waals surface area contributed by atoms with E-state index >= 15 is 0 Å². The molecule has 7 nitrogen and oxygen atoms in total. The van der Waals surface area contributed by atoms with Gasteiger partial charge in [-0.1, -0.05) is 30.3 Å². The molecule has 3 aromatic rings. The summed E-state index contributed by atoms with van der Waals surface area (Å²) < 4.78 is 11.3. The highest BCUT2D eigenvalue weighted by atomic mass is 16.5. The van der Waals surface area contributed by atoms with Crippen LogP contribution in [0.3, 0.4) is 0 Å². The minimum absolute atomic E-state index is 0.244. The van der Waals surface area contributed by atoms with Crippen molar-refractivity contribution in [2.45, 2.75) is 6.10 Å². The number of hydrogen-bond donors (Lipinski definition) is 1. The van der Waals surface area contributed by atoms with Crippen LogP contribution in [-0.2, 0) is 4.74 Å². The van der Waals surface area contributed by atoms with Crippen molar-refractivity contribution in [2.24, 2.45) is 0 Å². The van der Waals surface area contributed by atoms with Crippen LogP contribution in [0.5, 0.6) is 5.75 Å². The molecule has 164 valence electrons. The van der Waals surface area contributed by atoms with Crippen molar-refractivity contribution in [1.29, 1.82) is 0 Å². The second-order valence-electron chi connectivity index (χ2n) is 7.89. The van der Waals surface area contributed by atoms with E-state index in [1.807, 2.05) is 24.3 Å². The third-order valence-electron chi connectivity index (χ3n) is 5.74. The molecular formula is C24H30N4O3. The maximum absolute atomic E-state index is 10.6. The van der Waals surface area contributed by atoms with Gasteiger partial charge in [0.2, 0.25) is 0 Å². The summed E-state index contributed by atoms with van der Waals surface area (Å²) in [7, 11) is 1.73. The van der Waals surface area contributed by atoms with Crippen molar-refractivity contribution in [3.05, 3.63) is 54.9 Å². The molecule has 1 atom stereocenters. The topological polar surface area (TPSA) is 71.0 Å². The average molecular weight is 423 g/mol. The van der Waals surface area contributed by atoms with Gasteiger partial charge >= 0.3 is 0 Å². The number of nitrogens with zero attached hydrogens (tertiary/aromatic N) is 4. The molecule has 0 saturated carbocycles. The Kier molecular flexibility index (Phi) is 7.43. The zero-order valence-corrected chi connectivity index (χ0v) is 18.0. The number of rotatable bonds is 9. The van der Waals surface area contributed by atoms with Crippen molar-refractivity contribution >= 4 is 10.8 Å². The Labute approximate surface area is 183 Å². The summed E-state index contributed by atoms with van der Waals surface area (Å²) in [5.41, 5.74) is 1.93. The highest BCUT2D eigenvalue weighted by molar-refractivity contribution is 5.99. The molecule has 31 heavy (non-hydrogen) atoms. The fourth-order valence-corrected chi connectivity index (χ4v) is 4.06. The summed E-state index contributed by atoms with van der Waals surface area (Å²) in [6, 6.07) is 14.2. The first-order valence-corrected chi connectivity index (χ1v) is 10.8. The van der Waals surface area contributed by atoms with Gasteiger partial charge in [0.25, 0.3) is 0 Å². The van der Waals surface area contributed by atoms with E-state index in [0.717, 1.165) is 67.0 Å². The normalized spacial score (nSPS) is 16.5. The molecular weight excluding hydrogens is 392 g/mol. The van der Waals surface area contributed by atoms with Crippen LogP contribution in [0.2, 0.25) is 0 Å². The van der Waals surface area contributed by atoms with Crippen LogP contribution in [0.1, 0.15) is 0 Å². The molecule has 2 heterocycles. The number of piperazine rings is 1. The molecule has 1 aromatic heterocycles. The number of aromatic nitrogens is 2. The van der Waals surface area contributed by atoms with Crippen LogP contribution in [-0.4, -0.2) is 90.8 Å². The highest BCUT2D eigenvalue weighted by Crippen LogP contribution is 2.36. The van der Waals surface area contributed by atoms with Gasteiger partial charge in [0.15, 0.2) is 0 Å². The number of methoxy groups -OCH3 is 1. The van der Waals surface area contributed by atoms with Gasteiger partial charge in [-0.25, -0.2) is 0 Å². The number of aliphatic hydroxyl groups is 1. The van der Waals surface area contributed by atoms with Gasteiger partial charge in [-0.15, -0.1) is 0 Å². The molecule has 0 radical (unpaired) electrons. The van der Waals surface area contributed by atoms with Crippen molar-refractivity contribution < 1.29 is 14.6 Å². The van der Waals surface area contributed by atoms with E-state index < -0.39 is 6.10 Å². The van der Waals surface area contributed by atoms with E-state index in [1.54, 1.807) is 19.5 Å². The molecule has 0 amide bonds. The number of fused-ring (bicyclic) bond motifs is 1. The predicted octanol–water partition coefficient (Wildman–Crippen LogP) is 2.30. The minimum atomic E-state index is -0.555. The van der Waals surface area contributed by atoms with Crippen molar-refractivity contribution in [3.8, 4) is 16.9 Å². The Morgan fingerprint density at radius 3 is 2.58 bits per heavy atom. The lowest BCUT2D eigenvalue weighted by atomic mass is 9.98. The maximum atomic E-state index is 10.6. The molecule has 0 bridgehead atoms. The van der Waals surface area contributed by atoms with Crippen molar-refractivity contribution in [3.63, 3.8) is 0 Å². The predicted molar refractivity (Wildman–Crippen MR) is 121 cm³/mol. The zero-order chi connectivity index (χ0) is 21.5. The Hall–Kier alpha value is -2.58. The molecule has 1 aliphatic heterocycles. The summed E-state index contributed by atoms with van der Waals surface area (Å²) in [6.45, 7) is 6.48. The van der Waals surface area contributed by atoms with Gasteiger partial charge in [-0.3, -0.25) is 9.80 Å². The summed E-state index contributed by atoms with van der Waals surface area (Å²) in [5, 5.41) is 20.8. The van der Waals surface area contributed by atoms with Crippen LogP contribution < -0.4 is 4.74 Å². The first kappa shape index (κ1) is 21.6. The highest BCUT2D eigenvalue weighted by Gasteiger charge is 2.20. The number of aliphatic hydroxyl groups excluding tert-OH is 1. The number of hydrogen-bond acceptors (Lipinski definition) is 7.